The van der Waals surface area contributed by atoms with Gasteiger partial charge in [0.15, 0.2) is 0 Å². The Morgan fingerprint density at radius 3 is 2.59 bits per heavy atom. The molecule has 1 aliphatic rings. The monoisotopic (exact) mass is 426 g/mol. The maximum Gasteiger partial charge on any atom is 0.232 e. The molecule has 0 atom stereocenters. The summed E-state index contributed by atoms with van der Waals surface area (Å²) in [5.41, 5.74) is 4.03. The van der Waals surface area contributed by atoms with Gasteiger partial charge in [0, 0.05) is 48.6 Å². The molecule has 1 aliphatic heterocycles. The molecule has 2 heterocycles. The minimum absolute atomic E-state index is 0.000401. The van der Waals surface area contributed by atoms with Crippen LogP contribution in [0.1, 0.15) is 42.6 Å². The first-order valence-electron chi connectivity index (χ1n) is 11.1. The van der Waals surface area contributed by atoms with Crippen LogP contribution in [0.5, 0.6) is 5.75 Å². The average molecular weight is 427 g/mol. The molecule has 0 N–H and O–H groups in total. The second kappa shape index (κ2) is 9.06. The van der Waals surface area contributed by atoms with Crippen molar-refractivity contribution in [3.63, 3.8) is 0 Å². The van der Waals surface area contributed by atoms with Crippen molar-refractivity contribution in [2.75, 3.05) is 20.2 Å². The Bertz CT molecular complexity index is 1200. The van der Waals surface area contributed by atoms with Gasteiger partial charge in [-0.1, -0.05) is 48.4 Å². The molecule has 3 aromatic rings. The number of carbonyl (C=O) groups excluding carboxylic acids is 1. The highest BCUT2D eigenvalue weighted by atomic mass is 16.5. The van der Waals surface area contributed by atoms with E-state index in [0.29, 0.717) is 0 Å². The first-order chi connectivity index (χ1) is 15.4. The topological polar surface area (TPSA) is 34.5 Å². The molecule has 0 amide bonds. The molecule has 164 valence electrons. The molecule has 32 heavy (non-hydrogen) atoms. The average Bonchev–Trinajstić information content (AvgIpc) is 3.20. The van der Waals surface area contributed by atoms with Gasteiger partial charge in [0.05, 0.1) is 12.6 Å². The normalized spacial score (nSPS) is 14.8. The fraction of sp³-hybridized carbons (Fsp3) is 0.321. The van der Waals surface area contributed by atoms with Gasteiger partial charge in [-0.05, 0) is 43.5 Å². The number of hydrogen-bond donors (Lipinski definition) is 0. The van der Waals surface area contributed by atoms with Gasteiger partial charge in [-0.2, -0.15) is 0 Å². The fourth-order valence-corrected chi connectivity index (χ4v) is 4.33. The van der Waals surface area contributed by atoms with Crippen molar-refractivity contribution in [3.05, 3.63) is 71.9 Å². The SMILES string of the molecule is C#CC(C)(C)CC(=O)n1cc(C2=CCN(Cc3ccccc3)CC2)c2c(OC)cccc21. The van der Waals surface area contributed by atoms with E-state index in [-0.39, 0.29) is 12.3 Å². The van der Waals surface area contributed by atoms with Crippen molar-refractivity contribution in [2.24, 2.45) is 5.41 Å². The number of methoxy groups -OCH3 is 1. The number of fused-ring (bicyclic) bond motifs is 1. The predicted octanol–water partition coefficient (Wildman–Crippen LogP) is 5.63. The lowest BCUT2D eigenvalue weighted by Crippen LogP contribution is -2.28. The minimum Gasteiger partial charge on any atom is -0.496 e. The van der Waals surface area contributed by atoms with Crippen LogP contribution >= 0.6 is 0 Å². The van der Waals surface area contributed by atoms with Crippen LogP contribution in [-0.4, -0.2) is 35.6 Å². The lowest BCUT2D eigenvalue weighted by Gasteiger charge is -2.26. The number of aromatic nitrogens is 1. The summed E-state index contributed by atoms with van der Waals surface area (Å²) < 4.78 is 7.43. The van der Waals surface area contributed by atoms with Gasteiger partial charge >= 0.3 is 0 Å². The van der Waals surface area contributed by atoms with Crippen LogP contribution in [0.3, 0.4) is 0 Å². The fourth-order valence-electron chi connectivity index (χ4n) is 4.33. The molecule has 4 heteroatoms. The molecule has 0 aliphatic carbocycles. The third-order valence-electron chi connectivity index (χ3n) is 6.15. The Morgan fingerprint density at radius 2 is 1.94 bits per heavy atom. The Labute approximate surface area is 190 Å². The van der Waals surface area contributed by atoms with E-state index >= 15 is 0 Å². The molecule has 4 nitrogen and oxygen atoms in total. The van der Waals surface area contributed by atoms with E-state index in [4.69, 9.17) is 11.2 Å². The first-order valence-corrected chi connectivity index (χ1v) is 11.1. The zero-order chi connectivity index (χ0) is 22.7. The van der Waals surface area contributed by atoms with Crippen LogP contribution in [0.15, 0.2) is 60.8 Å². The molecule has 0 spiro atoms. The Balaban J connectivity index is 1.67. The van der Waals surface area contributed by atoms with E-state index in [9.17, 15) is 4.79 Å². The van der Waals surface area contributed by atoms with E-state index in [0.717, 1.165) is 48.3 Å². The Morgan fingerprint density at radius 1 is 1.16 bits per heavy atom. The maximum absolute atomic E-state index is 13.2. The molecule has 1 aromatic heterocycles. The molecule has 0 saturated carbocycles. The number of ether oxygens (including phenoxy) is 1. The third-order valence-corrected chi connectivity index (χ3v) is 6.15. The Kier molecular flexibility index (Phi) is 6.21. The number of nitrogens with zero attached hydrogens (tertiary/aromatic N) is 2. The van der Waals surface area contributed by atoms with Crippen molar-refractivity contribution < 1.29 is 9.53 Å². The van der Waals surface area contributed by atoms with Crippen LogP contribution in [-0.2, 0) is 6.54 Å². The molecular weight excluding hydrogens is 396 g/mol. The molecule has 0 fully saturated rings. The predicted molar refractivity (Wildman–Crippen MR) is 131 cm³/mol. The molecular formula is C28H30N2O2. The van der Waals surface area contributed by atoms with Gasteiger partial charge in [0.25, 0.3) is 0 Å². The van der Waals surface area contributed by atoms with Gasteiger partial charge in [-0.25, -0.2) is 0 Å². The quantitative estimate of drug-likeness (QED) is 0.479. The lowest BCUT2D eigenvalue weighted by atomic mass is 9.90. The summed E-state index contributed by atoms with van der Waals surface area (Å²) in [4.78, 5) is 15.6. The summed E-state index contributed by atoms with van der Waals surface area (Å²) in [7, 11) is 1.68. The van der Waals surface area contributed by atoms with Gasteiger partial charge in [-0.15, -0.1) is 6.42 Å². The van der Waals surface area contributed by atoms with Crippen LogP contribution in [0.25, 0.3) is 16.5 Å². The molecule has 4 rings (SSSR count). The number of carbonyl (C=O) groups is 1. The molecule has 0 bridgehead atoms. The van der Waals surface area contributed by atoms with E-state index in [1.165, 1.54) is 11.1 Å². The van der Waals surface area contributed by atoms with Crippen molar-refractivity contribution in [1.82, 2.24) is 9.47 Å². The lowest BCUT2D eigenvalue weighted by molar-refractivity contribution is 0.0876. The zero-order valence-corrected chi connectivity index (χ0v) is 19.1. The summed E-state index contributed by atoms with van der Waals surface area (Å²) in [5.74, 6) is 3.52. The van der Waals surface area contributed by atoms with Crippen LogP contribution in [0.4, 0.5) is 0 Å². The maximum atomic E-state index is 13.2. The summed E-state index contributed by atoms with van der Waals surface area (Å²) in [5, 5.41) is 0.990. The molecule has 0 radical (unpaired) electrons. The number of benzene rings is 2. The van der Waals surface area contributed by atoms with E-state index < -0.39 is 5.41 Å². The largest absolute Gasteiger partial charge is 0.496 e. The summed E-state index contributed by atoms with van der Waals surface area (Å²) >= 11 is 0. The first kappa shape index (κ1) is 21.9. The second-order valence-corrected chi connectivity index (χ2v) is 9.07. The third kappa shape index (κ3) is 4.49. The summed E-state index contributed by atoms with van der Waals surface area (Å²) in [6, 6.07) is 16.4. The smallest absolute Gasteiger partial charge is 0.232 e. The zero-order valence-electron chi connectivity index (χ0n) is 19.1. The van der Waals surface area contributed by atoms with Gasteiger partial charge in [-0.3, -0.25) is 14.3 Å². The van der Waals surface area contributed by atoms with E-state index in [1.54, 1.807) is 11.7 Å². The molecule has 2 aromatic carbocycles. The van der Waals surface area contributed by atoms with Crippen molar-refractivity contribution >= 4 is 22.4 Å². The summed E-state index contributed by atoms with van der Waals surface area (Å²) in [6.07, 6.45) is 11.1. The van der Waals surface area contributed by atoms with Gasteiger partial charge < -0.3 is 4.74 Å². The standard InChI is InChI=1S/C28H30N2O2/c1-5-28(2,3)18-26(31)30-20-23(27-24(30)12-9-13-25(27)32-4)22-14-16-29(17-15-22)19-21-10-7-6-8-11-21/h1,6-14,20H,15-19H2,2-4H3. The van der Waals surface area contributed by atoms with E-state index in [2.05, 4.69) is 41.2 Å². The molecule has 0 unspecified atom stereocenters. The Hall–Kier alpha value is -3.29. The highest BCUT2D eigenvalue weighted by Crippen LogP contribution is 2.37. The van der Waals surface area contributed by atoms with Crippen molar-refractivity contribution in [1.29, 1.82) is 0 Å². The van der Waals surface area contributed by atoms with Crippen LogP contribution in [0, 0.1) is 17.8 Å². The number of terminal acetylenes is 1. The van der Waals surface area contributed by atoms with E-state index in [1.807, 2.05) is 44.3 Å². The van der Waals surface area contributed by atoms with Gasteiger partial charge in [0.1, 0.15) is 5.75 Å². The number of rotatable bonds is 6. The van der Waals surface area contributed by atoms with Crippen LogP contribution in [0.2, 0.25) is 0 Å². The second-order valence-electron chi connectivity index (χ2n) is 9.07. The van der Waals surface area contributed by atoms with Crippen molar-refractivity contribution in [3.8, 4) is 18.1 Å². The van der Waals surface area contributed by atoms with Crippen LogP contribution < -0.4 is 4.74 Å². The summed E-state index contributed by atoms with van der Waals surface area (Å²) in [6.45, 7) is 6.63. The molecule has 0 saturated heterocycles. The minimum atomic E-state index is -0.491. The number of hydrogen-bond acceptors (Lipinski definition) is 3. The van der Waals surface area contributed by atoms with Gasteiger partial charge in [0.2, 0.25) is 5.91 Å². The highest BCUT2D eigenvalue weighted by Gasteiger charge is 2.25. The highest BCUT2D eigenvalue weighted by molar-refractivity contribution is 6.02. The van der Waals surface area contributed by atoms with Crippen molar-refractivity contribution in [2.45, 2.75) is 33.2 Å².